The first-order chi connectivity index (χ1) is 9.22. The maximum atomic E-state index is 4.22. The van der Waals surface area contributed by atoms with E-state index in [9.17, 15) is 0 Å². The lowest BCUT2D eigenvalue weighted by atomic mass is 9.90. The lowest BCUT2D eigenvalue weighted by molar-refractivity contribution is 0.384. The van der Waals surface area contributed by atoms with Gasteiger partial charge in [0.25, 0.3) is 0 Å². The molecule has 1 heterocycles. The van der Waals surface area contributed by atoms with Crippen LogP contribution in [0.25, 0.3) is 0 Å². The topological polar surface area (TPSA) is 29.9 Å². The fourth-order valence-electron chi connectivity index (χ4n) is 2.63. The van der Waals surface area contributed by atoms with Crippen molar-refractivity contribution in [3.05, 3.63) is 53.9 Å². The van der Waals surface area contributed by atoms with Crippen LogP contribution in [0.15, 0.2) is 42.6 Å². The predicted octanol–water partition coefficient (Wildman–Crippen LogP) is 2.95. The second kappa shape index (κ2) is 6.53. The molecule has 0 aliphatic carbocycles. The Morgan fingerprint density at radius 3 is 2.53 bits per heavy atom. The van der Waals surface area contributed by atoms with Gasteiger partial charge in [-0.2, -0.15) is 5.10 Å². The summed E-state index contributed by atoms with van der Waals surface area (Å²) in [5.74, 6) is 0.585. The molecule has 3 heteroatoms. The highest BCUT2D eigenvalue weighted by Gasteiger charge is 2.17. The number of hydrogen-bond acceptors (Lipinski definition) is 2. The maximum absolute atomic E-state index is 4.22. The van der Waals surface area contributed by atoms with E-state index < -0.39 is 0 Å². The summed E-state index contributed by atoms with van der Waals surface area (Å²) >= 11 is 0. The Balaban J connectivity index is 1.98. The van der Waals surface area contributed by atoms with Gasteiger partial charge in [-0.05, 0) is 37.4 Å². The highest BCUT2D eigenvalue weighted by molar-refractivity contribution is 5.19. The SMILES string of the molecule is CNC(c1ccccc1)C(C)CCc1ccnn1C. The van der Waals surface area contributed by atoms with Gasteiger partial charge in [-0.15, -0.1) is 0 Å². The van der Waals surface area contributed by atoms with Crippen LogP contribution < -0.4 is 5.32 Å². The Bertz CT molecular complexity index is 490. The van der Waals surface area contributed by atoms with Gasteiger partial charge in [0, 0.05) is 25.0 Å². The van der Waals surface area contributed by atoms with Crippen LogP contribution in [0.3, 0.4) is 0 Å². The Labute approximate surface area is 115 Å². The number of rotatable bonds is 6. The first-order valence-electron chi connectivity index (χ1n) is 6.91. The van der Waals surface area contributed by atoms with Crippen LogP contribution in [0.2, 0.25) is 0 Å². The van der Waals surface area contributed by atoms with Crippen molar-refractivity contribution in [2.75, 3.05) is 7.05 Å². The van der Waals surface area contributed by atoms with E-state index >= 15 is 0 Å². The Morgan fingerprint density at radius 1 is 1.21 bits per heavy atom. The Hall–Kier alpha value is -1.61. The second-order valence-electron chi connectivity index (χ2n) is 5.14. The van der Waals surface area contributed by atoms with Crippen LogP contribution in [0, 0.1) is 5.92 Å². The lowest BCUT2D eigenvalue weighted by Gasteiger charge is -2.24. The van der Waals surface area contributed by atoms with E-state index in [1.165, 1.54) is 11.3 Å². The van der Waals surface area contributed by atoms with Crippen molar-refractivity contribution in [3.63, 3.8) is 0 Å². The summed E-state index contributed by atoms with van der Waals surface area (Å²) in [6.07, 6.45) is 4.09. The minimum absolute atomic E-state index is 0.412. The molecule has 2 atom stereocenters. The fourth-order valence-corrected chi connectivity index (χ4v) is 2.63. The summed E-state index contributed by atoms with van der Waals surface area (Å²) in [4.78, 5) is 0. The van der Waals surface area contributed by atoms with Gasteiger partial charge in [0.15, 0.2) is 0 Å². The van der Waals surface area contributed by atoms with Crippen LogP contribution in [0.1, 0.15) is 30.6 Å². The van der Waals surface area contributed by atoms with Crippen molar-refractivity contribution < 1.29 is 0 Å². The average molecular weight is 257 g/mol. The van der Waals surface area contributed by atoms with E-state index in [0.717, 1.165) is 12.8 Å². The normalized spacial score (nSPS) is 14.3. The molecule has 2 rings (SSSR count). The van der Waals surface area contributed by atoms with Crippen molar-refractivity contribution in [3.8, 4) is 0 Å². The molecule has 19 heavy (non-hydrogen) atoms. The summed E-state index contributed by atoms with van der Waals surface area (Å²) in [6.45, 7) is 2.31. The monoisotopic (exact) mass is 257 g/mol. The van der Waals surface area contributed by atoms with Gasteiger partial charge in [0.2, 0.25) is 0 Å². The molecule has 0 saturated carbocycles. The summed E-state index contributed by atoms with van der Waals surface area (Å²) in [5, 5.41) is 7.66. The zero-order valence-corrected chi connectivity index (χ0v) is 12.0. The molecule has 102 valence electrons. The van der Waals surface area contributed by atoms with E-state index in [4.69, 9.17) is 0 Å². The molecule has 0 fully saturated rings. The van der Waals surface area contributed by atoms with Gasteiger partial charge in [0.1, 0.15) is 0 Å². The summed E-state index contributed by atoms with van der Waals surface area (Å²) in [5.41, 5.74) is 2.66. The standard InChI is InChI=1S/C16H23N3/c1-13(9-10-15-11-12-18-19(15)3)16(17-2)14-7-5-4-6-8-14/h4-8,11-13,16-17H,9-10H2,1-3H3. The first-order valence-corrected chi connectivity index (χ1v) is 6.91. The van der Waals surface area contributed by atoms with Crippen molar-refractivity contribution in [2.45, 2.75) is 25.8 Å². The van der Waals surface area contributed by atoms with Gasteiger partial charge in [-0.25, -0.2) is 0 Å². The van der Waals surface area contributed by atoms with Crippen LogP contribution in [-0.2, 0) is 13.5 Å². The number of benzene rings is 1. The Kier molecular flexibility index (Phi) is 4.74. The molecule has 0 aliphatic rings. The molecule has 0 spiro atoms. The molecule has 0 aliphatic heterocycles. The smallest absolute Gasteiger partial charge is 0.0492 e. The Morgan fingerprint density at radius 2 is 1.95 bits per heavy atom. The largest absolute Gasteiger partial charge is 0.313 e. The molecule has 0 saturated heterocycles. The molecule has 0 amide bonds. The number of aryl methyl sites for hydroxylation is 2. The van der Waals surface area contributed by atoms with E-state index in [1.54, 1.807) is 0 Å². The first kappa shape index (κ1) is 13.8. The van der Waals surface area contributed by atoms with Crippen molar-refractivity contribution in [2.24, 2.45) is 13.0 Å². The number of nitrogens with one attached hydrogen (secondary N) is 1. The highest BCUT2D eigenvalue weighted by Crippen LogP contribution is 2.25. The van der Waals surface area contributed by atoms with Crippen LogP contribution in [0.4, 0.5) is 0 Å². The molecule has 0 bridgehead atoms. The molecule has 1 N–H and O–H groups in total. The molecular weight excluding hydrogens is 234 g/mol. The average Bonchev–Trinajstić information content (AvgIpc) is 2.84. The van der Waals surface area contributed by atoms with Gasteiger partial charge in [0.05, 0.1) is 0 Å². The third kappa shape index (κ3) is 3.44. The fraction of sp³-hybridized carbons (Fsp3) is 0.438. The molecule has 1 aromatic carbocycles. The van der Waals surface area contributed by atoms with Crippen LogP contribution >= 0.6 is 0 Å². The molecule has 2 aromatic rings. The van der Waals surface area contributed by atoms with E-state index in [-0.39, 0.29) is 0 Å². The third-order valence-electron chi connectivity index (χ3n) is 3.82. The highest BCUT2D eigenvalue weighted by atomic mass is 15.2. The van der Waals surface area contributed by atoms with Crippen LogP contribution in [0.5, 0.6) is 0 Å². The zero-order chi connectivity index (χ0) is 13.7. The summed E-state index contributed by atoms with van der Waals surface area (Å²) in [6, 6.07) is 13.2. The van der Waals surface area contributed by atoms with Gasteiger partial charge < -0.3 is 5.32 Å². The maximum Gasteiger partial charge on any atom is 0.0492 e. The van der Waals surface area contributed by atoms with Gasteiger partial charge >= 0.3 is 0 Å². The molecule has 2 unspecified atom stereocenters. The van der Waals surface area contributed by atoms with E-state index in [2.05, 4.69) is 53.7 Å². The van der Waals surface area contributed by atoms with Crippen molar-refractivity contribution >= 4 is 0 Å². The van der Waals surface area contributed by atoms with E-state index in [0.29, 0.717) is 12.0 Å². The van der Waals surface area contributed by atoms with E-state index in [1.807, 2.05) is 25.0 Å². The minimum atomic E-state index is 0.412. The third-order valence-corrected chi connectivity index (χ3v) is 3.82. The number of hydrogen-bond donors (Lipinski definition) is 1. The zero-order valence-electron chi connectivity index (χ0n) is 12.0. The molecular formula is C16H23N3. The molecule has 3 nitrogen and oxygen atoms in total. The van der Waals surface area contributed by atoms with Crippen LogP contribution in [-0.4, -0.2) is 16.8 Å². The molecule has 0 radical (unpaired) electrons. The predicted molar refractivity (Wildman–Crippen MR) is 78.9 cm³/mol. The summed E-state index contributed by atoms with van der Waals surface area (Å²) in [7, 11) is 4.05. The molecule has 1 aromatic heterocycles. The van der Waals surface area contributed by atoms with Crippen molar-refractivity contribution in [1.82, 2.24) is 15.1 Å². The summed E-state index contributed by atoms with van der Waals surface area (Å²) < 4.78 is 1.96. The minimum Gasteiger partial charge on any atom is -0.313 e. The van der Waals surface area contributed by atoms with Gasteiger partial charge in [-0.1, -0.05) is 37.3 Å². The second-order valence-corrected chi connectivity index (χ2v) is 5.14. The lowest BCUT2D eigenvalue weighted by Crippen LogP contribution is -2.24. The number of aromatic nitrogens is 2. The number of nitrogens with zero attached hydrogens (tertiary/aromatic N) is 2. The van der Waals surface area contributed by atoms with Crippen molar-refractivity contribution in [1.29, 1.82) is 0 Å². The van der Waals surface area contributed by atoms with Gasteiger partial charge in [-0.3, -0.25) is 4.68 Å². The quantitative estimate of drug-likeness (QED) is 0.862.